The first kappa shape index (κ1) is 23.9. The predicted molar refractivity (Wildman–Crippen MR) is 127 cm³/mol. The van der Waals surface area contributed by atoms with Crippen LogP contribution in [0.4, 0.5) is 5.69 Å². The summed E-state index contributed by atoms with van der Waals surface area (Å²) in [6, 6.07) is 17.7. The number of hydrogen-bond donors (Lipinski definition) is 0. The van der Waals surface area contributed by atoms with E-state index in [0.717, 1.165) is 9.87 Å². The van der Waals surface area contributed by atoms with Crippen molar-refractivity contribution in [3.8, 4) is 17.2 Å². The number of amides is 1. The Kier molecular flexibility index (Phi) is 7.40. The highest BCUT2D eigenvalue weighted by molar-refractivity contribution is 7.93. The summed E-state index contributed by atoms with van der Waals surface area (Å²) in [5.74, 6) is 0.851. The summed E-state index contributed by atoms with van der Waals surface area (Å²) < 4.78 is 43.3. The van der Waals surface area contributed by atoms with Crippen molar-refractivity contribution in [2.45, 2.75) is 11.8 Å². The summed E-state index contributed by atoms with van der Waals surface area (Å²) in [6.45, 7) is 1.86. The molecule has 8 heteroatoms. The number of anilines is 1. The Balaban J connectivity index is 2.02. The van der Waals surface area contributed by atoms with Crippen LogP contribution in [0, 0.1) is 6.92 Å². The van der Waals surface area contributed by atoms with Crippen molar-refractivity contribution >= 4 is 27.7 Å². The average Bonchev–Trinajstić information content (AvgIpc) is 2.83. The van der Waals surface area contributed by atoms with Gasteiger partial charge in [0, 0.05) is 6.08 Å². The van der Waals surface area contributed by atoms with Crippen LogP contribution in [0.25, 0.3) is 6.08 Å². The molecule has 3 rings (SSSR count). The van der Waals surface area contributed by atoms with Crippen LogP contribution in [0.15, 0.2) is 77.7 Å². The maximum atomic E-state index is 13.4. The summed E-state index contributed by atoms with van der Waals surface area (Å²) in [5.41, 5.74) is 1.74. The molecule has 7 nitrogen and oxygen atoms in total. The highest BCUT2D eigenvalue weighted by Crippen LogP contribution is 2.29. The van der Waals surface area contributed by atoms with Crippen LogP contribution in [0.5, 0.6) is 17.2 Å². The molecule has 1 amide bonds. The van der Waals surface area contributed by atoms with Crippen molar-refractivity contribution in [1.29, 1.82) is 0 Å². The number of carbonyl (C=O) groups excluding carboxylic acids is 1. The molecule has 0 aliphatic carbocycles. The Morgan fingerprint density at radius 1 is 0.818 bits per heavy atom. The summed E-state index contributed by atoms with van der Waals surface area (Å²) in [7, 11) is 0.374. The van der Waals surface area contributed by atoms with Crippen LogP contribution in [-0.2, 0) is 14.8 Å². The number of hydrogen-bond acceptors (Lipinski definition) is 6. The normalized spacial score (nSPS) is 11.3. The van der Waals surface area contributed by atoms with Gasteiger partial charge in [-0.3, -0.25) is 4.79 Å². The van der Waals surface area contributed by atoms with Crippen LogP contribution in [-0.4, -0.2) is 35.7 Å². The Labute approximate surface area is 193 Å². The number of benzene rings is 3. The number of ether oxygens (including phenoxy) is 3. The highest BCUT2D eigenvalue weighted by Gasteiger charge is 2.29. The molecule has 0 heterocycles. The molecule has 172 valence electrons. The Morgan fingerprint density at radius 3 is 2.03 bits per heavy atom. The smallest absolute Gasteiger partial charge is 0.271 e. The molecule has 0 saturated carbocycles. The van der Waals surface area contributed by atoms with Gasteiger partial charge in [-0.1, -0.05) is 23.8 Å². The van der Waals surface area contributed by atoms with Gasteiger partial charge in [-0.2, -0.15) is 4.31 Å². The van der Waals surface area contributed by atoms with Gasteiger partial charge in [0.05, 0.1) is 31.9 Å². The second-order valence-electron chi connectivity index (χ2n) is 7.07. The summed E-state index contributed by atoms with van der Waals surface area (Å²) >= 11 is 0. The molecule has 0 spiro atoms. The minimum Gasteiger partial charge on any atom is -0.497 e. The fourth-order valence-electron chi connectivity index (χ4n) is 3.11. The number of rotatable bonds is 8. The van der Waals surface area contributed by atoms with Gasteiger partial charge in [0.1, 0.15) is 5.75 Å². The van der Waals surface area contributed by atoms with Gasteiger partial charge in [0.25, 0.3) is 15.9 Å². The summed E-state index contributed by atoms with van der Waals surface area (Å²) in [6.07, 6.45) is 2.72. The molecule has 3 aromatic carbocycles. The van der Waals surface area contributed by atoms with E-state index in [1.807, 2.05) is 6.92 Å². The fraction of sp³-hybridized carbons (Fsp3) is 0.160. The van der Waals surface area contributed by atoms with E-state index in [4.69, 9.17) is 14.2 Å². The maximum absolute atomic E-state index is 13.4. The van der Waals surface area contributed by atoms with Gasteiger partial charge in [0.2, 0.25) is 0 Å². The molecule has 0 unspecified atom stereocenters. The molecule has 0 saturated heterocycles. The highest BCUT2D eigenvalue weighted by atomic mass is 32.2. The third kappa shape index (κ3) is 5.35. The fourth-order valence-corrected chi connectivity index (χ4v) is 4.50. The van der Waals surface area contributed by atoms with E-state index >= 15 is 0 Å². The third-order valence-electron chi connectivity index (χ3n) is 4.89. The lowest BCUT2D eigenvalue weighted by Gasteiger charge is -2.21. The number of sulfonamides is 1. The minimum absolute atomic E-state index is 0.0109. The van der Waals surface area contributed by atoms with Crippen LogP contribution >= 0.6 is 0 Å². The van der Waals surface area contributed by atoms with E-state index in [1.165, 1.54) is 57.7 Å². The van der Waals surface area contributed by atoms with Crippen LogP contribution in [0.2, 0.25) is 0 Å². The number of nitrogens with zero attached hydrogens (tertiary/aromatic N) is 1. The molecule has 33 heavy (non-hydrogen) atoms. The summed E-state index contributed by atoms with van der Waals surface area (Å²) in [5, 5.41) is 0. The Morgan fingerprint density at radius 2 is 1.45 bits per heavy atom. The Bertz CT molecular complexity index is 1250. The summed E-state index contributed by atoms with van der Waals surface area (Å²) in [4.78, 5) is 13.2. The SMILES string of the molecule is COc1ccc(N(C(=O)C=Cc2ccc(OC)c(OC)c2)S(=O)(=O)c2ccc(C)cc2)cc1. The van der Waals surface area contributed by atoms with Crippen LogP contribution in [0.3, 0.4) is 0 Å². The molecular formula is C25H25NO6S. The number of carbonyl (C=O) groups is 1. The first-order valence-electron chi connectivity index (χ1n) is 10.00. The molecule has 0 fully saturated rings. The first-order valence-corrected chi connectivity index (χ1v) is 11.4. The van der Waals surface area contributed by atoms with E-state index < -0.39 is 15.9 Å². The first-order chi connectivity index (χ1) is 15.8. The molecule has 0 aliphatic heterocycles. The van der Waals surface area contributed by atoms with Gasteiger partial charge in [-0.05, 0) is 67.1 Å². The van der Waals surface area contributed by atoms with Gasteiger partial charge in [-0.15, -0.1) is 0 Å². The molecule has 0 aromatic heterocycles. The van der Waals surface area contributed by atoms with Crippen molar-refractivity contribution < 1.29 is 27.4 Å². The van der Waals surface area contributed by atoms with Gasteiger partial charge in [-0.25, -0.2) is 8.42 Å². The number of aryl methyl sites for hydroxylation is 1. The van der Waals surface area contributed by atoms with Crippen molar-refractivity contribution in [3.05, 3.63) is 83.9 Å². The van der Waals surface area contributed by atoms with E-state index in [0.29, 0.717) is 22.8 Å². The zero-order chi connectivity index (χ0) is 24.0. The lowest BCUT2D eigenvalue weighted by molar-refractivity contribution is -0.113. The molecule has 3 aromatic rings. The maximum Gasteiger partial charge on any atom is 0.271 e. The molecule has 0 N–H and O–H groups in total. The Hall–Kier alpha value is -3.78. The van der Waals surface area contributed by atoms with Gasteiger partial charge >= 0.3 is 0 Å². The monoisotopic (exact) mass is 467 g/mol. The molecule has 0 aliphatic rings. The molecular weight excluding hydrogens is 442 g/mol. The standard InChI is InChI=1S/C25H25NO6S/c1-18-5-13-22(14-6-18)33(28,29)26(20-9-11-21(30-2)12-10-20)25(27)16-8-19-7-15-23(31-3)24(17-19)32-4/h5-17H,1-4H3. The van der Waals surface area contributed by atoms with Crippen molar-refractivity contribution in [2.75, 3.05) is 25.6 Å². The topological polar surface area (TPSA) is 82.1 Å². The predicted octanol–water partition coefficient (Wildman–Crippen LogP) is 4.46. The minimum atomic E-state index is -4.17. The zero-order valence-corrected chi connectivity index (χ0v) is 19.6. The van der Waals surface area contributed by atoms with Crippen molar-refractivity contribution in [2.24, 2.45) is 0 Å². The lowest BCUT2D eigenvalue weighted by Crippen LogP contribution is -2.35. The third-order valence-corrected chi connectivity index (χ3v) is 6.63. The van der Waals surface area contributed by atoms with Gasteiger partial charge in [0.15, 0.2) is 11.5 Å². The van der Waals surface area contributed by atoms with Crippen molar-refractivity contribution in [1.82, 2.24) is 0 Å². The van der Waals surface area contributed by atoms with Gasteiger partial charge < -0.3 is 14.2 Å². The molecule has 0 radical (unpaired) electrons. The van der Waals surface area contributed by atoms with E-state index in [1.54, 1.807) is 42.5 Å². The second-order valence-corrected chi connectivity index (χ2v) is 8.85. The molecule has 0 bridgehead atoms. The van der Waals surface area contributed by atoms with Crippen molar-refractivity contribution in [3.63, 3.8) is 0 Å². The lowest BCUT2D eigenvalue weighted by atomic mass is 10.2. The van der Waals surface area contributed by atoms with E-state index in [2.05, 4.69) is 0 Å². The zero-order valence-electron chi connectivity index (χ0n) is 18.8. The van der Waals surface area contributed by atoms with E-state index in [-0.39, 0.29) is 10.6 Å². The van der Waals surface area contributed by atoms with E-state index in [9.17, 15) is 13.2 Å². The second kappa shape index (κ2) is 10.2. The molecule has 0 atom stereocenters. The van der Waals surface area contributed by atoms with Crippen LogP contribution < -0.4 is 18.5 Å². The van der Waals surface area contributed by atoms with Crippen LogP contribution in [0.1, 0.15) is 11.1 Å². The average molecular weight is 468 g/mol. The quantitative estimate of drug-likeness (QED) is 0.455. The number of methoxy groups -OCH3 is 3. The largest absolute Gasteiger partial charge is 0.497 e.